The molecule has 0 saturated carbocycles. The number of benzene rings is 1. The zero-order valence-corrected chi connectivity index (χ0v) is 13.0. The maximum Gasteiger partial charge on any atom is 0.263 e. The Labute approximate surface area is 128 Å². The van der Waals surface area contributed by atoms with Crippen molar-refractivity contribution in [2.24, 2.45) is 0 Å². The van der Waals surface area contributed by atoms with Crippen molar-refractivity contribution in [2.45, 2.75) is 13.5 Å². The van der Waals surface area contributed by atoms with E-state index in [1.807, 2.05) is 37.3 Å². The third-order valence-corrected chi connectivity index (χ3v) is 4.00. The smallest absolute Gasteiger partial charge is 0.263 e. The highest BCUT2D eigenvalue weighted by Crippen LogP contribution is 2.22. The van der Waals surface area contributed by atoms with Gasteiger partial charge in [-0.25, -0.2) is 4.98 Å². The first-order valence-electron chi connectivity index (χ1n) is 6.73. The second-order valence-electron chi connectivity index (χ2n) is 4.52. The molecule has 5 nitrogen and oxygen atoms in total. The number of ether oxygens (including phenoxy) is 1. The second kappa shape index (κ2) is 7.75. The third-order valence-electron chi connectivity index (χ3n) is 2.88. The SMILES string of the molecule is COCCNC(=O)c1sc(NCc2ccccc2)nc1C. The number of aryl methyl sites for hydroxylation is 1. The van der Waals surface area contributed by atoms with Crippen molar-refractivity contribution in [3.63, 3.8) is 0 Å². The van der Waals surface area contributed by atoms with Crippen LogP contribution in [0.5, 0.6) is 0 Å². The van der Waals surface area contributed by atoms with Crippen LogP contribution in [0.1, 0.15) is 20.9 Å². The molecule has 0 fully saturated rings. The van der Waals surface area contributed by atoms with Crippen molar-refractivity contribution in [3.8, 4) is 0 Å². The van der Waals surface area contributed by atoms with Gasteiger partial charge in [-0.2, -0.15) is 0 Å². The van der Waals surface area contributed by atoms with Gasteiger partial charge in [-0.1, -0.05) is 41.7 Å². The number of carbonyl (C=O) groups excluding carboxylic acids is 1. The van der Waals surface area contributed by atoms with E-state index in [0.29, 0.717) is 24.6 Å². The maximum atomic E-state index is 12.0. The van der Waals surface area contributed by atoms with E-state index < -0.39 is 0 Å². The van der Waals surface area contributed by atoms with Gasteiger partial charge in [0.2, 0.25) is 0 Å². The first-order valence-corrected chi connectivity index (χ1v) is 7.54. The Bertz CT molecular complexity index is 584. The summed E-state index contributed by atoms with van der Waals surface area (Å²) < 4.78 is 4.91. The Morgan fingerprint density at radius 1 is 1.33 bits per heavy atom. The summed E-state index contributed by atoms with van der Waals surface area (Å²) in [5, 5.41) is 6.81. The predicted molar refractivity (Wildman–Crippen MR) is 84.8 cm³/mol. The van der Waals surface area contributed by atoms with Crippen molar-refractivity contribution in [2.75, 3.05) is 25.6 Å². The number of aromatic nitrogens is 1. The van der Waals surface area contributed by atoms with Crippen LogP contribution in [0.3, 0.4) is 0 Å². The van der Waals surface area contributed by atoms with Crippen molar-refractivity contribution < 1.29 is 9.53 Å². The summed E-state index contributed by atoms with van der Waals surface area (Å²) in [4.78, 5) is 17.0. The van der Waals surface area contributed by atoms with Gasteiger partial charge in [-0.3, -0.25) is 4.79 Å². The molecule has 21 heavy (non-hydrogen) atoms. The molecule has 0 aliphatic heterocycles. The van der Waals surface area contributed by atoms with E-state index in [-0.39, 0.29) is 5.91 Å². The molecule has 0 atom stereocenters. The largest absolute Gasteiger partial charge is 0.383 e. The van der Waals surface area contributed by atoms with Crippen LogP contribution in [0, 0.1) is 6.92 Å². The van der Waals surface area contributed by atoms with Crippen LogP contribution >= 0.6 is 11.3 Å². The van der Waals surface area contributed by atoms with Gasteiger partial charge in [0.15, 0.2) is 5.13 Å². The molecule has 2 N–H and O–H groups in total. The summed E-state index contributed by atoms with van der Waals surface area (Å²) in [6.45, 7) is 3.54. The van der Waals surface area contributed by atoms with Gasteiger partial charge >= 0.3 is 0 Å². The van der Waals surface area contributed by atoms with Crippen LogP contribution in [0.15, 0.2) is 30.3 Å². The molecule has 6 heteroatoms. The highest BCUT2D eigenvalue weighted by atomic mass is 32.1. The molecule has 0 aliphatic carbocycles. The van der Waals surface area contributed by atoms with Gasteiger partial charge in [0.05, 0.1) is 12.3 Å². The fraction of sp³-hybridized carbons (Fsp3) is 0.333. The van der Waals surface area contributed by atoms with Crippen LogP contribution in [0.4, 0.5) is 5.13 Å². The molecule has 0 aliphatic rings. The highest BCUT2D eigenvalue weighted by Gasteiger charge is 2.14. The molecular formula is C15H19N3O2S. The second-order valence-corrected chi connectivity index (χ2v) is 5.52. The van der Waals surface area contributed by atoms with Gasteiger partial charge in [0, 0.05) is 20.2 Å². The fourth-order valence-electron chi connectivity index (χ4n) is 1.80. The molecule has 0 unspecified atom stereocenters. The lowest BCUT2D eigenvalue weighted by Gasteiger charge is -2.02. The molecule has 0 spiro atoms. The number of thiazole rings is 1. The molecule has 1 heterocycles. The normalized spacial score (nSPS) is 10.4. The number of anilines is 1. The molecule has 112 valence electrons. The molecule has 0 radical (unpaired) electrons. The van der Waals surface area contributed by atoms with E-state index in [0.717, 1.165) is 10.8 Å². The van der Waals surface area contributed by atoms with Crippen molar-refractivity contribution in [1.82, 2.24) is 10.3 Å². The molecule has 0 saturated heterocycles. The lowest BCUT2D eigenvalue weighted by molar-refractivity contribution is 0.0940. The van der Waals surface area contributed by atoms with Crippen LogP contribution < -0.4 is 10.6 Å². The molecule has 2 aromatic rings. The number of hydrogen-bond acceptors (Lipinski definition) is 5. The number of nitrogens with zero attached hydrogens (tertiary/aromatic N) is 1. The van der Waals surface area contributed by atoms with Crippen LogP contribution in [-0.2, 0) is 11.3 Å². The summed E-state index contributed by atoms with van der Waals surface area (Å²) in [7, 11) is 1.61. The zero-order chi connectivity index (χ0) is 15.1. The highest BCUT2D eigenvalue weighted by molar-refractivity contribution is 7.17. The summed E-state index contributed by atoms with van der Waals surface area (Å²) in [6, 6.07) is 10.1. The standard InChI is InChI=1S/C15H19N3O2S/c1-11-13(14(19)16-8-9-20-2)21-15(18-11)17-10-12-6-4-3-5-7-12/h3-7H,8-10H2,1-2H3,(H,16,19)(H,17,18). The maximum absolute atomic E-state index is 12.0. The fourth-order valence-corrected chi connectivity index (χ4v) is 2.68. The molecule has 1 amide bonds. The Morgan fingerprint density at radius 3 is 2.81 bits per heavy atom. The summed E-state index contributed by atoms with van der Waals surface area (Å²) in [5.41, 5.74) is 1.92. The van der Waals surface area contributed by atoms with Gasteiger partial charge in [-0.15, -0.1) is 0 Å². The van der Waals surface area contributed by atoms with Gasteiger partial charge in [0.1, 0.15) is 4.88 Å². The zero-order valence-electron chi connectivity index (χ0n) is 12.2. The minimum atomic E-state index is -0.102. The topological polar surface area (TPSA) is 63.2 Å². The number of methoxy groups -OCH3 is 1. The lowest BCUT2D eigenvalue weighted by atomic mass is 10.2. The van der Waals surface area contributed by atoms with Gasteiger partial charge < -0.3 is 15.4 Å². The quantitative estimate of drug-likeness (QED) is 0.771. The van der Waals surface area contributed by atoms with Crippen molar-refractivity contribution in [3.05, 3.63) is 46.5 Å². The van der Waals surface area contributed by atoms with Crippen LogP contribution in [0.2, 0.25) is 0 Å². The monoisotopic (exact) mass is 305 g/mol. The first-order chi connectivity index (χ1) is 10.2. The van der Waals surface area contributed by atoms with E-state index in [1.54, 1.807) is 7.11 Å². The molecule has 2 rings (SSSR count). The molecule has 1 aromatic heterocycles. The van der Waals surface area contributed by atoms with E-state index in [9.17, 15) is 4.79 Å². The predicted octanol–water partition coefficient (Wildman–Crippen LogP) is 2.44. The minimum absolute atomic E-state index is 0.102. The average molecular weight is 305 g/mol. The number of carbonyl (C=O) groups is 1. The molecule has 1 aromatic carbocycles. The van der Waals surface area contributed by atoms with Crippen molar-refractivity contribution >= 4 is 22.4 Å². The van der Waals surface area contributed by atoms with E-state index in [1.165, 1.54) is 16.9 Å². The number of hydrogen-bond donors (Lipinski definition) is 2. The van der Waals surface area contributed by atoms with Gasteiger partial charge in [0.25, 0.3) is 5.91 Å². The van der Waals surface area contributed by atoms with Gasteiger partial charge in [-0.05, 0) is 12.5 Å². The minimum Gasteiger partial charge on any atom is -0.383 e. The Hall–Kier alpha value is -1.92. The Balaban J connectivity index is 1.94. The lowest BCUT2D eigenvalue weighted by Crippen LogP contribution is -2.26. The number of rotatable bonds is 7. The summed E-state index contributed by atoms with van der Waals surface area (Å²) in [6.07, 6.45) is 0. The van der Waals surface area contributed by atoms with Crippen LogP contribution in [-0.4, -0.2) is 31.2 Å². The third kappa shape index (κ3) is 4.54. The van der Waals surface area contributed by atoms with Crippen molar-refractivity contribution in [1.29, 1.82) is 0 Å². The number of amides is 1. The average Bonchev–Trinajstić information content (AvgIpc) is 2.87. The van der Waals surface area contributed by atoms with Crippen LogP contribution in [0.25, 0.3) is 0 Å². The van der Waals surface area contributed by atoms with E-state index in [2.05, 4.69) is 15.6 Å². The number of nitrogens with one attached hydrogen (secondary N) is 2. The summed E-state index contributed by atoms with van der Waals surface area (Å²) >= 11 is 1.37. The first kappa shape index (κ1) is 15.5. The Kier molecular flexibility index (Phi) is 5.71. The Morgan fingerprint density at radius 2 is 2.10 bits per heavy atom. The van der Waals surface area contributed by atoms with E-state index in [4.69, 9.17) is 4.74 Å². The molecule has 0 bridgehead atoms. The van der Waals surface area contributed by atoms with E-state index >= 15 is 0 Å². The summed E-state index contributed by atoms with van der Waals surface area (Å²) in [5.74, 6) is -0.102. The molecular weight excluding hydrogens is 286 g/mol.